The molecule has 7 nitrogen and oxygen atoms in total. The number of aryl methyl sites for hydroxylation is 1. The number of nitrogens with two attached hydrogens (primary N) is 1. The van der Waals surface area contributed by atoms with Gasteiger partial charge >= 0.3 is 0 Å². The van der Waals surface area contributed by atoms with Crippen molar-refractivity contribution in [3.05, 3.63) is 47.9 Å². The number of aromatic nitrogens is 3. The van der Waals surface area contributed by atoms with Crippen LogP contribution in [-0.2, 0) is 10.2 Å². The van der Waals surface area contributed by atoms with Crippen molar-refractivity contribution < 1.29 is 9.21 Å². The zero-order chi connectivity index (χ0) is 19.6. The average Bonchev–Trinajstić information content (AvgIpc) is 3.18. The van der Waals surface area contributed by atoms with E-state index >= 15 is 0 Å². The van der Waals surface area contributed by atoms with Crippen LogP contribution in [0.4, 0.5) is 5.69 Å². The number of carbonyl (C=O) groups is 1. The van der Waals surface area contributed by atoms with Crippen LogP contribution in [0.3, 0.4) is 0 Å². The number of nitrogens with one attached hydrogen (secondary N) is 1. The third-order valence-electron chi connectivity index (χ3n) is 4.11. The van der Waals surface area contributed by atoms with Crippen molar-refractivity contribution in [3.63, 3.8) is 0 Å². The van der Waals surface area contributed by atoms with Gasteiger partial charge in [0.05, 0.1) is 17.6 Å². The van der Waals surface area contributed by atoms with Gasteiger partial charge in [0, 0.05) is 5.69 Å². The Labute approximate surface area is 162 Å². The number of para-hydroxylation sites is 1. The highest BCUT2D eigenvalue weighted by Crippen LogP contribution is 2.30. The van der Waals surface area contributed by atoms with Crippen LogP contribution >= 0.6 is 11.8 Å². The Morgan fingerprint density at radius 3 is 2.67 bits per heavy atom. The Balaban J connectivity index is 1.68. The maximum absolute atomic E-state index is 12.4. The summed E-state index contributed by atoms with van der Waals surface area (Å²) in [5.74, 6) is 7.35. The number of carbonyl (C=O) groups excluding carboxylic acids is 1. The summed E-state index contributed by atoms with van der Waals surface area (Å²) < 4.78 is 6.65. The van der Waals surface area contributed by atoms with Crippen molar-refractivity contribution in [2.24, 2.45) is 0 Å². The number of furan rings is 1. The summed E-state index contributed by atoms with van der Waals surface area (Å²) in [6, 6.07) is 9.61. The lowest BCUT2D eigenvalue weighted by molar-refractivity contribution is -0.113. The van der Waals surface area contributed by atoms with E-state index in [4.69, 9.17) is 10.3 Å². The lowest BCUT2D eigenvalue weighted by atomic mass is 9.86. The first-order valence-electron chi connectivity index (χ1n) is 8.54. The second-order valence-corrected chi connectivity index (χ2v) is 8.14. The molecule has 0 atom stereocenters. The Kier molecular flexibility index (Phi) is 5.27. The van der Waals surface area contributed by atoms with E-state index in [1.54, 1.807) is 12.3 Å². The number of rotatable bonds is 5. The zero-order valence-electron chi connectivity index (χ0n) is 15.8. The first kappa shape index (κ1) is 19.0. The molecule has 0 bridgehead atoms. The summed E-state index contributed by atoms with van der Waals surface area (Å²) in [6.07, 6.45) is 1.58. The Hall–Kier alpha value is -2.74. The molecule has 3 aromatic rings. The van der Waals surface area contributed by atoms with Crippen molar-refractivity contribution >= 4 is 23.4 Å². The molecule has 0 aliphatic heterocycles. The molecule has 0 spiro atoms. The van der Waals surface area contributed by atoms with E-state index in [-0.39, 0.29) is 17.1 Å². The lowest BCUT2D eigenvalue weighted by Crippen LogP contribution is -2.20. The minimum atomic E-state index is -0.124. The number of hydrogen-bond acceptors (Lipinski definition) is 6. The van der Waals surface area contributed by atoms with E-state index in [0.717, 1.165) is 16.8 Å². The largest absolute Gasteiger partial charge is 0.469 e. The van der Waals surface area contributed by atoms with E-state index in [2.05, 4.69) is 36.3 Å². The molecule has 0 fully saturated rings. The van der Waals surface area contributed by atoms with Gasteiger partial charge in [-0.2, -0.15) is 0 Å². The van der Waals surface area contributed by atoms with Crippen LogP contribution in [-0.4, -0.2) is 26.5 Å². The van der Waals surface area contributed by atoms with Gasteiger partial charge in [-0.05, 0) is 30.0 Å². The fourth-order valence-electron chi connectivity index (χ4n) is 2.74. The Morgan fingerprint density at radius 2 is 2.00 bits per heavy atom. The van der Waals surface area contributed by atoms with Crippen molar-refractivity contribution in [1.29, 1.82) is 0 Å². The second-order valence-electron chi connectivity index (χ2n) is 7.20. The number of amides is 1. The normalized spacial score (nSPS) is 11.6. The van der Waals surface area contributed by atoms with Gasteiger partial charge in [0.15, 0.2) is 5.82 Å². The maximum atomic E-state index is 12.4. The van der Waals surface area contributed by atoms with Gasteiger partial charge in [-0.3, -0.25) is 4.79 Å². The molecular weight excluding hydrogens is 362 g/mol. The first-order chi connectivity index (χ1) is 12.8. The molecule has 2 heterocycles. The zero-order valence-corrected chi connectivity index (χ0v) is 16.6. The molecule has 3 rings (SSSR count). The van der Waals surface area contributed by atoms with Crippen LogP contribution < -0.4 is 11.2 Å². The second kappa shape index (κ2) is 7.48. The molecule has 0 unspecified atom stereocenters. The van der Waals surface area contributed by atoms with Gasteiger partial charge in [0.25, 0.3) is 0 Å². The molecule has 27 heavy (non-hydrogen) atoms. The lowest BCUT2D eigenvalue weighted by Gasteiger charge is -2.22. The minimum absolute atomic E-state index is 0.0637. The molecule has 0 saturated carbocycles. The predicted molar refractivity (Wildman–Crippen MR) is 107 cm³/mol. The van der Waals surface area contributed by atoms with Crippen LogP contribution in [0.15, 0.2) is 46.2 Å². The van der Waals surface area contributed by atoms with Gasteiger partial charge in [0.2, 0.25) is 11.1 Å². The SMILES string of the molecule is Cc1occc1-c1nnc(SCC(=O)Nc2ccccc2C(C)(C)C)n1N. The highest BCUT2D eigenvalue weighted by molar-refractivity contribution is 7.99. The topological polar surface area (TPSA) is 99.0 Å². The maximum Gasteiger partial charge on any atom is 0.234 e. The van der Waals surface area contributed by atoms with E-state index in [1.165, 1.54) is 16.4 Å². The monoisotopic (exact) mass is 385 g/mol. The van der Waals surface area contributed by atoms with Gasteiger partial charge in [-0.25, -0.2) is 4.68 Å². The summed E-state index contributed by atoms with van der Waals surface area (Å²) >= 11 is 1.23. The molecule has 3 N–H and O–H groups in total. The molecule has 142 valence electrons. The van der Waals surface area contributed by atoms with Crippen LogP contribution in [0.1, 0.15) is 32.1 Å². The van der Waals surface area contributed by atoms with E-state index in [1.807, 2.05) is 31.2 Å². The van der Waals surface area contributed by atoms with Crippen LogP contribution in [0.2, 0.25) is 0 Å². The van der Waals surface area contributed by atoms with Crippen molar-refractivity contribution in [2.75, 3.05) is 16.9 Å². The number of thioether (sulfide) groups is 1. The quantitative estimate of drug-likeness (QED) is 0.514. The number of hydrogen-bond donors (Lipinski definition) is 2. The molecule has 2 aromatic heterocycles. The summed E-state index contributed by atoms with van der Waals surface area (Å²) in [4.78, 5) is 12.4. The predicted octanol–water partition coefficient (Wildman–Crippen LogP) is 3.59. The van der Waals surface area contributed by atoms with Crippen LogP contribution in [0.25, 0.3) is 11.4 Å². The minimum Gasteiger partial charge on any atom is -0.469 e. The van der Waals surface area contributed by atoms with Gasteiger partial charge in [-0.15, -0.1) is 10.2 Å². The van der Waals surface area contributed by atoms with Crippen molar-refractivity contribution in [3.8, 4) is 11.4 Å². The molecule has 0 aliphatic rings. The van der Waals surface area contributed by atoms with Crippen molar-refractivity contribution in [2.45, 2.75) is 38.3 Å². The third kappa shape index (κ3) is 4.16. The molecule has 1 aromatic carbocycles. The smallest absolute Gasteiger partial charge is 0.234 e. The molecule has 0 saturated heterocycles. The average molecular weight is 385 g/mol. The fourth-order valence-corrected chi connectivity index (χ4v) is 3.40. The van der Waals surface area contributed by atoms with Crippen LogP contribution in [0, 0.1) is 6.92 Å². The van der Waals surface area contributed by atoms with Gasteiger partial charge in [-0.1, -0.05) is 50.7 Å². The number of nitrogens with zero attached hydrogens (tertiary/aromatic N) is 3. The number of anilines is 1. The van der Waals surface area contributed by atoms with E-state index in [9.17, 15) is 4.79 Å². The number of nitrogen functional groups attached to an aromatic ring is 1. The molecule has 0 radical (unpaired) electrons. The molecular formula is C19H23N5O2S. The van der Waals surface area contributed by atoms with Gasteiger partial charge < -0.3 is 15.6 Å². The summed E-state index contributed by atoms with van der Waals surface area (Å²) in [7, 11) is 0. The van der Waals surface area contributed by atoms with E-state index in [0.29, 0.717) is 16.7 Å². The Morgan fingerprint density at radius 1 is 1.26 bits per heavy atom. The van der Waals surface area contributed by atoms with Gasteiger partial charge in [0.1, 0.15) is 5.76 Å². The number of benzene rings is 1. The molecule has 8 heteroatoms. The summed E-state index contributed by atoms with van der Waals surface area (Å²) in [5.41, 5.74) is 2.62. The third-order valence-corrected chi connectivity index (χ3v) is 5.05. The highest BCUT2D eigenvalue weighted by Gasteiger charge is 2.20. The molecule has 0 aliphatic carbocycles. The first-order valence-corrected chi connectivity index (χ1v) is 9.53. The standard InChI is InChI=1S/C19H23N5O2S/c1-12-13(9-10-26-12)17-22-23-18(24(17)20)27-11-16(25)21-15-8-6-5-7-14(15)19(2,3)4/h5-10H,11,20H2,1-4H3,(H,21,25). The van der Waals surface area contributed by atoms with E-state index < -0.39 is 0 Å². The van der Waals surface area contributed by atoms with Crippen molar-refractivity contribution in [1.82, 2.24) is 14.9 Å². The van der Waals surface area contributed by atoms with Crippen LogP contribution in [0.5, 0.6) is 0 Å². The Bertz CT molecular complexity index is 955. The molecule has 1 amide bonds. The highest BCUT2D eigenvalue weighted by atomic mass is 32.2. The fraction of sp³-hybridized carbons (Fsp3) is 0.316. The summed E-state index contributed by atoms with van der Waals surface area (Å²) in [6.45, 7) is 8.17. The summed E-state index contributed by atoms with van der Waals surface area (Å²) in [5, 5.41) is 11.6.